The van der Waals surface area contributed by atoms with Gasteiger partial charge in [-0.15, -0.1) is 0 Å². The fourth-order valence-corrected chi connectivity index (χ4v) is 3.21. The molecule has 1 atom stereocenters. The standard InChI is InChI=1S/C17H26N4O2/c22-17(19-16-6-2-3-8-18-16)21-11-7-15(14-21)23-13-12-20-9-4-1-5-10-20/h2-3,6,8,15H,1,4-5,7,9-14H2,(H,18,19,22). The Labute approximate surface area is 137 Å². The Balaban J connectivity index is 1.35. The monoisotopic (exact) mass is 318 g/mol. The van der Waals surface area contributed by atoms with Gasteiger partial charge in [0, 0.05) is 25.8 Å². The number of pyridine rings is 1. The van der Waals surface area contributed by atoms with E-state index in [1.54, 1.807) is 17.2 Å². The number of nitrogens with zero attached hydrogens (tertiary/aromatic N) is 3. The highest BCUT2D eigenvalue weighted by Crippen LogP contribution is 2.15. The molecule has 2 fully saturated rings. The number of hydrogen-bond acceptors (Lipinski definition) is 4. The van der Waals surface area contributed by atoms with Crippen LogP contribution in [0.15, 0.2) is 24.4 Å². The third kappa shape index (κ3) is 4.91. The van der Waals surface area contributed by atoms with Crippen LogP contribution in [-0.4, -0.2) is 66.2 Å². The van der Waals surface area contributed by atoms with Crippen LogP contribution in [0.2, 0.25) is 0 Å². The van der Waals surface area contributed by atoms with E-state index in [1.165, 1.54) is 32.4 Å². The zero-order valence-electron chi connectivity index (χ0n) is 13.6. The first-order valence-corrected chi connectivity index (χ1v) is 8.62. The lowest BCUT2D eigenvalue weighted by atomic mass is 10.1. The summed E-state index contributed by atoms with van der Waals surface area (Å²) in [6.07, 6.45) is 6.73. The third-order valence-corrected chi connectivity index (χ3v) is 4.54. The van der Waals surface area contributed by atoms with E-state index < -0.39 is 0 Å². The fourth-order valence-electron chi connectivity index (χ4n) is 3.21. The van der Waals surface area contributed by atoms with Crippen LogP contribution < -0.4 is 5.32 Å². The molecular formula is C17H26N4O2. The van der Waals surface area contributed by atoms with Crippen molar-refractivity contribution in [1.82, 2.24) is 14.8 Å². The van der Waals surface area contributed by atoms with Crippen LogP contribution in [-0.2, 0) is 4.74 Å². The Kier molecular flexibility index (Phi) is 5.82. The lowest BCUT2D eigenvalue weighted by Crippen LogP contribution is -2.35. The van der Waals surface area contributed by atoms with Crippen LogP contribution in [0.1, 0.15) is 25.7 Å². The Morgan fingerprint density at radius 3 is 2.91 bits per heavy atom. The molecule has 2 aliphatic rings. The highest BCUT2D eigenvalue weighted by atomic mass is 16.5. The average molecular weight is 318 g/mol. The number of ether oxygens (including phenoxy) is 1. The summed E-state index contributed by atoms with van der Waals surface area (Å²) >= 11 is 0. The van der Waals surface area contributed by atoms with Crippen LogP contribution >= 0.6 is 0 Å². The number of piperidine rings is 1. The topological polar surface area (TPSA) is 57.7 Å². The number of carbonyl (C=O) groups is 1. The fraction of sp³-hybridized carbons (Fsp3) is 0.647. The Morgan fingerprint density at radius 1 is 1.26 bits per heavy atom. The summed E-state index contributed by atoms with van der Waals surface area (Å²) in [6.45, 7) is 5.59. The molecular weight excluding hydrogens is 292 g/mol. The molecule has 1 N–H and O–H groups in total. The summed E-state index contributed by atoms with van der Waals surface area (Å²) in [7, 11) is 0. The Hall–Kier alpha value is -1.66. The molecule has 0 aliphatic carbocycles. The van der Waals surface area contributed by atoms with Crippen molar-refractivity contribution in [3.8, 4) is 0 Å². The van der Waals surface area contributed by atoms with Gasteiger partial charge in [0.15, 0.2) is 0 Å². The molecule has 3 rings (SSSR count). The number of urea groups is 1. The number of likely N-dealkylation sites (tertiary alicyclic amines) is 2. The molecule has 1 unspecified atom stereocenters. The van der Waals surface area contributed by atoms with Gasteiger partial charge in [0.1, 0.15) is 5.82 Å². The predicted octanol–water partition coefficient (Wildman–Crippen LogP) is 2.19. The number of rotatable bonds is 5. The minimum atomic E-state index is -0.0918. The maximum absolute atomic E-state index is 12.2. The molecule has 1 aromatic rings. The number of carbonyl (C=O) groups excluding carboxylic acids is 1. The molecule has 0 radical (unpaired) electrons. The number of nitrogens with one attached hydrogen (secondary N) is 1. The largest absolute Gasteiger partial charge is 0.375 e. The van der Waals surface area contributed by atoms with E-state index in [2.05, 4.69) is 15.2 Å². The summed E-state index contributed by atoms with van der Waals surface area (Å²) in [6, 6.07) is 5.39. The van der Waals surface area contributed by atoms with E-state index in [0.29, 0.717) is 12.4 Å². The van der Waals surface area contributed by atoms with Gasteiger partial charge < -0.3 is 14.5 Å². The minimum Gasteiger partial charge on any atom is -0.375 e. The average Bonchev–Trinajstić information content (AvgIpc) is 3.06. The summed E-state index contributed by atoms with van der Waals surface area (Å²) in [5.74, 6) is 0.590. The zero-order chi connectivity index (χ0) is 15.9. The van der Waals surface area contributed by atoms with E-state index in [-0.39, 0.29) is 12.1 Å². The van der Waals surface area contributed by atoms with Gasteiger partial charge in [0.05, 0.1) is 12.7 Å². The van der Waals surface area contributed by atoms with E-state index >= 15 is 0 Å². The van der Waals surface area contributed by atoms with Crippen molar-refractivity contribution in [3.63, 3.8) is 0 Å². The van der Waals surface area contributed by atoms with Crippen molar-refractivity contribution >= 4 is 11.8 Å². The molecule has 6 heteroatoms. The first-order valence-electron chi connectivity index (χ1n) is 8.62. The number of aromatic nitrogens is 1. The minimum absolute atomic E-state index is 0.0918. The van der Waals surface area contributed by atoms with Gasteiger partial charge in [-0.1, -0.05) is 12.5 Å². The smallest absolute Gasteiger partial charge is 0.323 e. The second-order valence-corrected chi connectivity index (χ2v) is 6.27. The highest BCUT2D eigenvalue weighted by Gasteiger charge is 2.27. The molecule has 0 spiro atoms. The lowest BCUT2D eigenvalue weighted by molar-refractivity contribution is 0.0416. The lowest BCUT2D eigenvalue weighted by Gasteiger charge is -2.26. The van der Waals surface area contributed by atoms with Crippen molar-refractivity contribution in [3.05, 3.63) is 24.4 Å². The molecule has 3 heterocycles. The predicted molar refractivity (Wildman–Crippen MR) is 89.5 cm³/mol. The molecule has 2 amide bonds. The van der Waals surface area contributed by atoms with Crippen LogP contribution in [0, 0.1) is 0 Å². The number of amides is 2. The van der Waals surface area contributed by atoms with Crippen molar-refractivity contribution < 1.29 is 9.53 Å². The first kappa shape index (κ1) is 16.2. The van der Waals surface area contributed by atoms with Crippen LogP contribution in [0.4, 0.5) is 10.6 Å². The first-order chi connectivity index (χ1) is 11.3. The van der Waals surface area contributed by atoms with E-state index in [0.717, 1.165) is 26.1 Å². The number of hydrogen-bond donors (Lipinski definition) is 1. The molecule has 2 saturated heterocycles. The van der Waals surface area contributed by atoms with E-state index in [1.807, 2.05) is 12.1 Å². The second-order valence-electron chi connectivity index (χ2n) is 6.27. The van der Waals surface area contributed by atoms with Crippen molar-refractivity contribution in [1.29, 1.82) is 0 Å². The molecule has 6 nitrogen and oxygen atoms in total. The molecule has 0 saturated carbocycles. The SMILES string of the molecule is O=C(Nc1ccccn1)N1CCC(OCCN2CCCCC2)C1. The zero-order valence-corrected chi connectivity index (χ0v) is 13.6. The van der Waals surface area contributed by atoms with Crippen molar-refractivity contribution in [2.75, 3.05) is 44.6 Å². The Bertz CT molecular complexity index is 491. The summed E-state index contributed by atoms with van der Waals surface area (Å²) in [5, 5.41) is 2.82. The quantitative estimate of drug-likeness (QED) is 0.904. The van der Waals surface area contributed by atoms with Gasteiger partial charge in [-0.2, -0.15) is 0 Å². The summed E-state index contributed by atoms with van der Waals surface area (Å²) < 4.78 is 5.96. The maximum Gasteiger partial charge on any atom is 0.323 e. The van der Waals surface area contributed by atoms with Crippen molar-refractivity contribution in [2.24, 2.45) is 0 Å². The van der Waals surface area contributed by atoms with Crippen LogP contribution in [0.5, 0.6) is 0 Å². The van der Waals surface area contributed by atoms with Gasteiger partial charge in [-0.3, -0.25) is 5.32 Å². The van der Waals surface area contributed by atoms with Crippen molar-refractivity contribution in [2.45, 2.75) is 31.8 Å². The molecule has 126 valence electrons. The van der Waals surface area contributed by atoms with Crippen LogP contribution in [0.25, 0.3) is 0 Å². The van der Waals surface area contributed by atoms with Crippen LogP contribution in [0.3, 0.4) is 0 Å². The van der Waals surface area contributed by atoms with Gasteiger partial charge >= 0.3 is 6.03 Å². The number of anilines is 1. The van der Waals surface area contributed by atoms with Gasteiger partial charge in [-0.25, -0.2) is 9.78 Å². The highest BCUT2D eigenvalue weighted by molar-refractivity contribution is 5.88. The molecule has 0 aromatic carbocycles. The third-order valence-electron chi connectivity index (χ3n) is 4.54. The second kappa shape index (κ2) is 8.26. The molecule has 0 bridgehead atoms. The normalized spacial score (nSPS) is 22.3. The van der Waals surface area contributed by atoms with E-state index in [9.17, 15) is 4.79 Å². The van der Waals surface area contributed by atoms with E-state index in [4.69, 9.17) is 4.74 Å². The maximum atomic E-state index is 12.2. The summed E-state index contributed by atoms with van der Waals surface area (Å²) in [4.78, 5) is 20.6. The van der Waals surface area contributed by atoms with Gasteiger partial charge in [0.25, 0.3) is 0 Å². The molecule has 23 heavy (non-hydrogen) atoms. The van der Waals surface area contributed by atoms with Gasteiger partial charge in [-0.05, 0) is 44.5 Å². The molecule has 2 aliphatic heterocycles. The molecule has 1 aromatic heterocycles. The van der Waals surface area contributed by atoms with Gasteiger partial charge in [0.2, 0.25) is 0 Å². The summed E-state index contributed by atoms with van der Waals surface area (Å²) in [5.41, 5.74) is 0. The Morgan fingerprint density at radius 2 is 2.13 bits per heavy atom.